The lowest BCUT2D eigenvalue weighted by atomic mass is 10.1. The Kier molecular flexibility index (Phi) is 4.10. The second-order valence-corrected chi connectivity index (χ2v) is 5.03. The zero-order valence-corrected chi connectivity index (χ0v) is 12.4. The van der Waals surface area contributed by atoms with Crippen molar-refractivity contribution in [3.63, 3.8) is 0 Å². The number of rotatable bonds is 5. The minimum atomic E-state index is 0.189. The Balaban J connectivity index is 2.16. The van der Waals surface area contributed by atoms with Crippen molar-refractivity contribution in [1.82, 2.24) is 15.1 Å². The van der Waals surface area contributed by atoms with Crippen molar-refractivity contribution < 1.29 is 4.42 Å². The fourth-order valence-electron chi connectivity index (χ4n) is 2.72. The molecule has 0 amide bonds. The molecule has 0 aromatic carbocycles. The fourth-order valence-corrected chi connectivity index (χ4v) is 2.72. The van der Waals surface area contributed by atoms with E-state index < -0.39 is 0 Å². The highest BCUT2D eigenvalue weighted by Crippen LogP contribution is 2.24. The van der Waals surface area contributed by atoms with Crippen LogP contribution in [0.5, 0.6) is 0 Å². The molecule has 2 atom stereocenters. The highest BCUT2D eigenvalue weighted by atomic mass is 16.3. The number of nitrogens with zero attached hydrogens (tertiary/aromatic N) is 2. The summed E-state index contributed by atoms with van der Waals surface area (Å²) in [5.41, 5.74) is 3.64. The quantitative estimate of drug-likeness (QED) is 0.895. The second-order valence-electron chi connectivity index (χ2n) is 5.03. The minimum absolute atomic E-state index is 0.189. The van der Waals surface area contributed by atoms with Gasteiger partial charge >= 0.3 is 0 Å². The molecular weight excluding hydrogens is 238 g/mol. The van der Waals surface area contributed by atoms with Gasteiger partial charge in [-0.3, -0.25) is 4.68 Å². The van der Waals surface area contributed by atoms with Crippen molar-refractivity contribution in [2.45, 2.75) is 53.2 Å². The summed E-state index contributed by atoms with van der Waals surface area (Å²) in [6.45, 7) is 11.5. The number of furan rings is 1. The molecule has 2 heterocycles. The van der Waals surface area contributed by atoms with Gasteiger partial charge in [0.25, 0.3) is 0 Å². The molecule has 2 aromatic rings. The van der Waals surface area contributed by atoms with Gasteiger partial charge in [0.15, 0.2) is 0 Å². The van der Waals surface area contributed by atoms with Crippen molar-refractivity contribution in [2.24, 2.45) is 0 Å². The van der Waals surface area contributed by atoms with E-state index in [1.807, 2.05) is 12.1 Å². The van der Waals surface area contributed by atoms with Crippen LogP contribution in [0.2, 0.25) is 0 Å². The van der Waals surface area contributed by atoms with E-state index in [2.05, 4.69) is 49.7 Å². The Hall–Kier alpha value is -1.55. The lowest BCUT2D eigenvalue weighted by Gasteiger charge is -2.19. The molecule has 2 aromatic heterocycles. The standard InChI is InChI=1S/C15H23N3O/c1-6-18-13(5)15(12(4)17-18)11(3)16-10(2)14-8-7-9-19-14/h7-11,16H,6H2,1-5H3/t10-,11?/m1/s1. The maximum Gasteiger partial charge on any atom is 0.120 e. The van der Waals surface area contributed by atoms with E-state index in [1.165, 1.54) is 11.3 Å². The van der Waals surface area contributed by atoms with Gasteiger partial charge in [-0.25, -0.2) is 0 Å². The molecule has 19 heavy (non-hydrogen) atoms. The lowest BCUT2D eigenvalue weighted by Crippen LogP contribution is -2.23. The first-order valence-electron chi connectivity index (χ1n) is 6.88. The van der Waals surface area contributed by atoms with E-state index in [4.69, 9.17) is 4.42 Å². The number of nitrogens with one attached hydrogen (secondary N) is 1. The van der Waals surface area contributed by atoms with Gasteiger partial charge < -0.3 is 9.73 Å². The highest BCUT2D eigenvalue weighted by Gasteiger charge is 2.19. The molecule has 0 aliphatic heterocycles. The molecule has 1 N–H and O–H groups in total. The van der Waals surface area contributed by atoms with E-state index in [0.29, 0.717) is 0 Å². The van der Waals surface area contributed by atoms with Gasteiger partial charge in [-0.05, 0) is 46.8 Å². The maximum atomic E-state index is 5.44. The smallest absolute Gasteiger partial charge is 0.120 e. The minimum Gasteiger partial charge on any atom is -0.468 e. The van der Waals surface area contributed by atoms with Crippen molar-refractivity contribution in [3.8, 4) is 0 Å². The van der Waals surface area contributed by atoms with Gasteiger partial charge in [-0.2, -0.15) is 5.10 Å². The van der Waals surface area contributed by atoms with Crippen LogP contribution in [0.25, 0.3) is 0 Å². The topological polar surface area (TPSA) is 43.0 Å². The molecule has 0 saturated heterocycles. The van der Waals surface area contributed by atoms with Crippen molar-refractivity contribution in [3.05, 3.63) is 41.1 Å². The van der Waals surface area contributed by atoms with Crippen LogP contribution in [0.4, 0.5) is 0 Å². The Morgan fingerprint density at radius 3 is 2.58 bits per heavy atom. The first-order chi connectivity index (χ1) is 9.04. The second kappa shape index (κ2) is 5.61. The average Bonchev–Trinajstić information content (AvgIpc) is 2.97. The van der Waals surface area contributed by atoms with Crippen molar-refractivity contribution in [1.29, 1.82) is 0 Å². The molecule has 0 fully saturated rings. The molecule has 4 heteroatoms. The summed E-state index contributed by atoms with van der Waals surface area (Å²) in [6, 6.07) is 4.36. The SMILES string of the molecule is CCn1nc(C)c(C(C)N[C@H](C)c2ccco2)c1C. The van der Waals surface area contributed by atoms with Crippen molar-refractivity contribution >= 4 is 0 Å². The van der Waals surface area contributed by atoms with Gasteiger partial charge in [0.05, 0.1) is 18.0 Å². The third-order valence-electron chi connectivity index (χ3n) is 3.64. The molecule has 104 valence electrons. The first-order valence-corrected chi connectivity index (χ1v) is 6.88. The van der Waals surface area contributed by atoms with Crippen LogP contribution in [-0.4, -0.2) is 9.78 Å². The Bertz CT molecular complexity index is 528. The Labute approximate surface area is 114 Å². The predicted octanol–water partition coefficient (Wildman–Crippen LogP) is 3.52. The van der Waals surface area contributed by atoms with Crippen LogP contribution >= 0.6 is 0 Å². The molecule has 0 radical (unpaired) electrons. The summed E-state index contributed by atoms with van der Waals surface area (Å²) in [7, 11) is 0. The van der Waals surface area contributed by atoms with Crippen LogP contribution in [0.15, 0.2) is 22.8 Å². The fraction of sp³-hybridized carbons (Fsp3) is 0.533. The summed E-state index contributed by atoms with van der Waals surface area (Å²) in [5.74, 6) is 0.963. The van der Waals surface area contributed by atoms with E-state index in [-0.39, 0.29) is 12.1 Å². The summed E-state index contributed by atoms with van der Waals surface area (Å²) < 4.78 is 7.49. The number of hydrogen-bond donors (Lipinski definition) is 1. The molecule has 4 nitrogen and oxygen atoms in total. The summed E-state index contributed by atoms with van der Waals surface area (Å²) in [5, 5.41) is 8.14. The normalized spacial score (nSPS) is 14.6. The number of aryl methyl sites for hydroxylation is 2. The van der Waals surface area contributed by atoms with Gasteiger partial charge in [0.2, 0.25) is 0 Å². The molecule has 0 aliphatic carbocycles. The molecule has 0 bridgehead atoms. The van der Waals surface area contributed by atoms with Gasteiger partial charge in [0.1, 0.15) is 5.76 Å². The molecular formula is C15H23N3O. The third-order valence-corrected chi connectivity index (χ3v) is 3.64. The lowest BCUT2D eigenvalue weighted by molar-refractivity contribution is 0.401. The number of hydrogen-bond acceptors (Lipinski definition) is 3. The molecule has 0 spiro atoms. The van der Waals surface area contributed by atoms with E-state index in [1.54, 1.807) is 6.26 Å². The Morgan fingerprint density at radius 1 is 1.32 bits per heavy atom. The summed E-state index contributed by atoms with van der Waals surface area (Å²) in [4.78, 5) is 0. The Morgan fingerprint density at radius 2 is 2.05 bits per heavy atom. The highest BCUT2D eigenvalue weighted by molar-refractivity contribution is 5.28. The summed E-state index contributed by atoms with van der Waals surface area (Å²) in [6.07, 6.45) is 1.71. The molecule has 2 rings (SSSR count). The molecule has 0 saturated carbocycles. The zero-order valence-electron chi connectivity index (χ0n) is 12.4. The molecule has 0 aliphatic rings. The van der Waals surface area contributed by atoms with E-state index >= 15 is 0 Å². The van der Waals surface area contributed by atoms with E-state index in [0.717, 1.165) is 18.0 Å². The first kappa shape index (κ1) is 13.9. The number of aromatic nitrogens is 2. The predicted molar refractivity (Wildman–Crippen MR) is 76.0 cm³/mol. The van der Waals surface area contributed by atoms with Gasteiger partial charge in [-0.1, -0.05) is 0 Å². The van der Waals surface area contributed by atoms with Crippen LogP contribution in [-0.2, 0) is 6.54 Å². The van der Waals surface area contributed by atoms with Crippen LogP contribution in [0, 0.1) is 13.8 Å². The maximum absolute atomic E-state index is 5.44. The van der Waals surface area contributed by atoms with Gasteiger partial charge in [0, 0.05) is 23.8 Å². The summed E-state index contributed by atoms with van der Waals surface area (Å²) >= 11 is 0. The van der Waals surface area contributed by atoms with Crippen LogP contribution in [0.1, 0.15) is 55.6 Å². The van der Waals surface area contributed by atoms with Crippen LogP contribution in [0.3, 0.4) is 0 Å². The largest absolute Gasteiger partial charge is 0.468 e. The van der Waals surface area contributed by atoms with Crippen molar-refractivity contribution in [2.75, 3.05) is 0 Å². The average molecular weight is 261 g/mol. The van der Waals surface area contributed by atoms with Crippen LogP contribution < -0.4 is 5.32 Å². The van der Waals surface area contributed by atoms with Gasteiger partial charge in [-0.15, -0.1) is 0 Å². The zero-order chi connectivity index (χ0) is 14.0. The monoisotopic (exact) mass is 261 g/mol. The van der Waals surface area contributed by atoms with E-state index in [9.17, 15) is 0 Å². The molecule has 1 unspecified atom stereocenters. The third kappa shape index (κ3) is 2.73.